The highest BCUT2D eigenvalue weighted by Gasteiger charge is 2.23. The summed E-state index contributed by atoms with van der Waals surface area (Å²) in [5.41, 5.74) is 6.68. The first-order valence-corrected chi connectivity index (χ1v) is 14.0. The quantitative estimate of drug-likeness (QED) is 0.211. The predicted molar refractivity (Wildman–Crippen MR) is 172 cm³/mol. The van der Waals surface area contributed by atoms with Gasteiger partial charge in [0.25, 0.3) is 11.1 Å². The van der Waals surface area contributed by atoms with Crippen LogP contribution in [0.5, 0.6) is 0 Å². The molecule has 0 amide bonds. The molecule has 2 aromatic heterocycles. The molecule has 0 N–H and O–H groups in total. The molecule has 2 heterocycles. The predicted octanol–water partition coefficient (Wildman–Crippen LogP) is 8.22. The summed E-state index contributed by atoms with van der Waals surface area (Å²) in [6.07, 6.45) is 0. The molecule has 8 rings (SSSR count). The summed E-state index contributed by atoms with van der Waals surface area (Å²) in [6, 6.07) is 47.4. The molecule has 4 nitrogen and oxygen atoms in total. The van der Waals surface area contributed by atoms with Gasteiger partial charge in [-0.25, -0.2) is 0 Å². The Hall–Kier alpha value is -5.74. The fourth-order valence-electron chi connectivity index (χ4n) is 6.33. The first-order valence-electron chi connectivity index (χ1n) is 14.0. The van der Waals surface area contributed by atoms with Gasteiger partial charge in [0.2, 0.25) is 0 Å². The summed E-state index contributed by atoms with van der Waals surface area (Å²) in [5, 5.41) is 2.74. The normalized spacial score (nSPS) is 11.5. The number of rotatable bonds is 4. The van der Waals surface area contributed by atoms with Gasteiger partial charge < -0.3 is 0 Å². The van der Waals surface area contributed by atoms with Gasteiger partial charge in [-0.05, 0) is 47.5 Å². The van der Waals surface area contributed by atoms with E-state index in [1.165, 1.54) is 0 Å². The van der Waals surface area contributed by atoms with Crippen LogP contribution in [0.4, 0.5) is 0 Å². The second kappa shape index (κ2) is 9.43. The summed E-state index contributed by atoms with van der Waals surface area (Å²) in [6.45, 7) is 0. The van der Waals surface area contributed by atoms with Crippen LogP contribution < -0.4 is 11.1 Å². The highest BCUT2D eigenvalue weighted by atomic mass is 16.1. The van der Waals surface area contributed by atoms with Gasteiger partial charge in [0.1, 0.15) is 0 Å². The van der Waals surface area contributed by atoms with E-state index in [-0.39, 0.29) is 11.1 Å². The van der Waals surface area contributed by atoms with E-state index >= 15 is 0 Å². The molecule has 0 spiro atoms. The van der Waals surface area contributed by atoms with Gasteiger partial charge in [-0.1, -0.05) is 109 Å². The summed E-state index contributed by atoms with van der Waals surface area (Å²) < 4.78 is 3.54. The van der Waals surface area contributed by atoms with E-state index in [9.17, 15) is 9.59 Å². The number of aromatic nitrogens is 2. The molecule has 0 fully saturated rings. The topological polar surface area (TPSA) is 44.0 Å². The maximum atomic E-state index is 14.5. The zero-order valence-corrected chi connectivity index (χ0v) is 22.6. The molecular weight excluding hydrogens is 516 g/mol. The largest absolute Gasteiger partial charge is 0.276 e. The van der Waals surface area contributed by atoms with E-state index < -0.39 is 0 Å². The maximum Gasteiger partial charge on any atom is 0.263 e. The molecule has 0 saturated carbocycles. The van der Waals surface area contributed by atoms with Crippen molar-refractivity contribution in [2.75, 3.05) is 0 Å². The Balaban J connectivity index is 1.52. The monoisotopic (exact) mass is 540 g/mol. The van der Waals surface area contributed by atoms with Crippen LogP contribution in [0, 0.1) is 0 Å². The molecule has 0 saturated heterocycles. The minimum atomic E-state index is -0.120. The first-order chi connectivity index (χ1) is 20.7. The maximum absolute atomic E-state index is 14.5. The smallest absolute Gasteiger partial charge is 0.263 e. The van der Waals surface area contributed by atoms with Crippen LogP contribution >= 0.6 is 0 Å². The van der Waals surface area contributed by atoms with Gasteiger partial charge in [0.15, 0.2) is 0 Å². The number of hydrogen-bond acceptors (Lipinski definition) is 2. The van der Waals surface area contributed by atoms with Crippen LogP contribution in [0.25, 0.3) is 66.2 Å². The number of hydrogen-bond donors (Lipinski definition) is 0. The molecule has 0 aliphatic rings. The first kappa shape index (κ1) is 24.1. The van der Waals surface area contributed by atoms with Crippen molar-refractivity contribution >= 4 is 32.6 Å². The molecule has 42 heavy (non-hydrogen) atoms. The SMILES string of the molecule is O=c1c2cccc3c2c2c(cccc2n1-c1ccccc1-c1ccccc1)c(=O)n3-c1ccccc1-c1ccccc1. The minimum Gasteiger partial charge on any atom is -0.276 e. The van der Waals surface area contributed by atoms with Crippen molar-refractivity contribution in [3.8, 4) is 33.6 Å². The molecule has 8 aromatic rings. The summed E-state index contributed by atoms with van der Waals surface area (Å²) in [5.74, 6) is 0. The molecule has 0 atom stereocenters. The van der Waals surface area contributed by atoms with Crippen molar-refractivity contribution in [1.29, 1.82) is 0 Å². The molecule has 0 bridgehead atoms. The fourth-order valence-corrected chi connectivity index (χ4v) is 6.33. The number of pyridine rings is 2. The molecule has 198 valence electrons. The van der Waals surface area contributed by atoms with Crippen LogP contribution in [0.2, 0.25) is 0 Å². The molecule has 0 aliphatic carbocycles. The highest BCUT2D eigenvalue weighted by Crippen LogP contribution is 2.36. The van der Waals surface area contributed by atoms with Crippen LogP contribution in [0.3, 0.4) is 0 Å². The van der Waals surface area contributed by atoms with Crippen molar-refractivity contribution < 1.29 is 0 Å². The van der Waals surface area contributed by atoms with Gasteiger partial charge in [0.05, 0.1) is 33.2 Å². The van der Waals surface area contributed by atoms with Gasteiger partial charge >= 0.3 is 0 Å². The van der Waals surface area contributed by atoms with Crippen LogP contribution in [0.1, 0.15) is 0 Å². The van der Waals surface area contributed by atoms with E-state index in [4.69, 9.17) is 0 Å². The Morgan fingerprint density at radius 1 is 0.357 bits per heavy atom. The lowest BCUT2D eigenvalue weighted by molar-refractivity contribution is 1.05. The van der Waals surface area contributed by atoms with Gasteiger partial charge in [-0.15, -0.1) is 0 Å². The number of nitrogens with zero attached hydrogens (tertiary/aromatic N) is 2. The van der Waals surface area contributed by atoms with E-state index in [0.29, 0.717) is 21.8 Å². The lowest BCUT2D eigenvalue weighted by Crippen LogP contribution is -2.25. The average Bonchev–Trinajstić information content (AvgIpc) is 3.06. The Morgan fingerprint density at radius 2 is 0.738 bits per heavy atom. The van der Waals surface area contributed by atoms with Crippen molar-refractivity contribution in [3.05, 3.63) is 166 Å². The Morgan fingerprint density at radius 3 is 1.17 bits per heavy atom. The van der Waals surface area contributed by atoms with E-state index in [0.717, 1.165) is 44.4 Å². The fraction of sp³-hybridized carbons (Fsp3) is 0. The lowest BCUT2D eigenvalue weighted by Gasteiger charge is -2.21. The molecule has 4 heteroatoms. The van der Waals surface area contributed by atoms with Crippen LogP contribution in [-0.4, -0.2) is 9.13 Å². The molecule has 0 aliphatic heterocycles. The van der Waals surface area contributed by atoms with E-state index in [1.807, 2.05) is 146 Å². The highest BCUT2D eigenvalue weighted by molar-refractivity contribution is 6.21. The molecule has 0 radical (unpaired) electrons. The number of para-hydroxylation sites is 2. The van der Waals surface area contributed by atoms with E-state index in [1.54, 1.807) is 9.13 Å². The summed E-state index contributed by atoms with van der Waals surface area (Å²) in [7, 11) is 0. The van der Waals surface area contributed by atoms with Gasteiger partial charge in [0, 0.05) is 21.9 Å². The Bertz CT molecular complexity index is 2220. The Labute approximate surface area is 241 Å². The van der Waals surface area contributed by atoms with Crippen LogP contribution in [0.15, 0.2) is 155 Å². The van der Waals surface area contributed by atoms with Crippen molar-refractivity contribution in [2.24, 2.45) is 0 Å². The summed E-state index contributed by atoms with van der Waals surface area (Å²) in [4.78, 5) is 29.0. The van der Waals surface area contributed by atoms with Gasteiger partial charge in [-0.3, -0.25) is 18.7 Å². The van der Waals surface area contributed by atoms with E-state index in [2.05, 4.69) is 0 Å². The second-order valence-electron chi connectivity index (χ2n) is 10.4. The average molecular weight is 541 g/mol. The standard InChI is InChI=1S/C38H24N2O2/c41-37-29-19-12-24-34-36(29)35-30(38(42)40(34)32-22-10-8-18-28(32)26-15-5-2-6-16-26)20-11-23-33(35)39(37)31-21-9-7-17-27(31)25-13-3-1-4-14-25/h1-24H. The van der Waals surface area contributed by atoms with Crippen LogP contribution in [-0.2, 0) is 0 Å². The third-order valence-electron chi connectivity index (χ3n) is 8.14. The number of benzene rings is 6. The third-order valence-corrected chi connectivity index (χ3v) is 8.14. The minimum absolute atomic E-state index is 0.120. The van der Waals surface area contributed by atoms with Crippen molar-refractivity contribution in [2.45, 2.75) is 0 Å². The zero-order valence-electron chi connectivity index (χ0n) is 22.6. The lowest BCUT2D eigenvalue weighted by atomic mass is 9.97. The second-order valence-corrected chi connectivity index (χ2v) is 10.4. The zero-order chi connectivity index (χ0) is 28.2. The summed E-state index contributed by atoms with van der Waals surface area (Å²) >= 11 is 0. The molecular formula is C38H24N2O2. The van der Waals surface area contributed by atoms with Gasteiger partial charge in [-0.2, -0.15) is 0 Å². The third kappa shape index (κ3) is 3.49. The molecule has 0 unspecified atom stereocenters. The van der Waals surface area contributed by atoms with Crippen molar-refractivity contribution in [3.63, 3.8) is 0 Å². The molecule has 6 aromatic carbocycles. The van der Waals surface area contributed by atoms with Crippen molar-refractivity contribution in [1.82, 2.24) is 9.13 Å². The Kier molecular flexibility index (Phi) is 5.41.